The van der Waals surface area contributed by atoms with E-state index >= 15 is 0 Å². The molecule has 222 valence electrons. The van der Waals surface area contributed by atoms with Crippen molar-refractivity contribution in [1.82, 2.24) is 29.8 Å². The molecule has 2 aromatic heterocycles. The maximum Gasteiger partial charge on any atom is 0.414 e. The first-order chi connectivity index (χ1) is 19.3. The van der Waals surface area contributed by atoms with Gasteiger partial charge in [-0.1, -0.05) is 0 Å². The largest absolute Gasteiger partial charge is 0.465 e. The number of hydrogen-bond donors (Lipinski definition) is 3. The Balaban J connectivity index is 1.29. The van der Waals surface area contributed by atoms with Gasteiger partial charge in [-0.05, 0) is 69.8 Å². The fourth-order valence-electron chi connectivity index (χ4n) is 5.81. The van der Waals surface area contributed by atoms with Gasteiger partial charge in [-0.3, -0.25) is 23.7 Å². The summed E-state index contributed by atoms with van der Waals surface area (Å²) in [7, 11) is 0. The van der Waals surface area contributed by atoms with E-state index in [0.717, 1.165) is 25.7 Å². The van der Waals surface area contributed by atoms with E-state index in [0.29, 0.717) is 17.5 Å². The van der Waals surface area contributed by atoms with Crippen LogP contribution in [0.1, 0.15) is 62.5 Å². The molecule has 15 heteroatoms. The number of carbonyl (C=O) groups is 4. The number of aromatic nitrogens is 4. The van der Waals surface area contributed by atoms with Crippen LogP contribution in [0.4, 0.5) is 23.7 Å². The molecule has 3 aliphatic rings. The lowest BCUT2D eigenvalue weighted by Crippen LogP contribution is -2.50. The van der Waals surface area contributed by atoms with Crippen LogP contribution in [0.3, 0.4) is 0 Å². The molecule has 2 aromatic rings. The van der Waals surface area contributed by atoms with E-state index in [1.54, 1.807) is 10.7 Å². The molecule has 5 rings (SSSR count). The summed E-state index contributed by atoms with van der Waals surface area (Å²) in [5.41, 5.74) is 0.574. The lowest BCUT2D eigenvalue weighted by Gasteiger charge is -2.27. The van der Waals surface area contributed by atoms with Gasteiger partial charge in [0.25, 0.3) is 5.91 Å². The maximum absolute atomic E-state index is 13.6. The summed E-state index contributed by atoms with van der Waals surface area (Å²) >= 11 is 0. The Morgan fingerprint density at radius 1 is 1.12 bits per heavy atom. The average molecular weight is 580 g/mol. The van der Waals surface area contributed by atoms with Crippen LogP contribution in [-0.4, -0.2) is 71.6 Å². The Morgan fingerprint density at radius 2 is 1.78 bits per heavy atom. The minimum absolute atomic E-state index is 0.0400. The number of nitrogens with one attached hydrogen (secondary N) is 2. The van der Waals surface area contributed by atoms with E-state index < -0.39 is 54.4 Å². The standard InChI is InChI=1S/C26H32F3N7O5/c1-13(2)36-18(7-8-30-36)22(37)33-21(20(14-3-4-14)15-5-6-15)23(38)32-17-10-31-34(12-17)11-16-9-19(26(27,28)29)35(24(16)39)25(40)41/h7-8,10,12-16,19-21H,3-6,9,11H2,1-2H3,(H,32,38)(H,33,37)(H,40,41)/t16?,19-,21-/m0/s1. The highest BCUT2D eigenvalue weighted by Gasteiger charge is 2.55. The Kier molecular flexibility index (Phi) is 7.55. The highest BCUT2D eigenvalue weighted by Crippen LogP contribution is 2.51. The van der Waals surface area contributed by atoms with Crippen molar-refractivity contribution in [2.24, 2.45) is 23.7 Å². The summed E-state index contributed by atoms with van der Waals surface area (Å²) in [5.74, 6) is -2.66. The van der Waals surface area contributed by atoms with Crippen LogP contribution < -0.4 is 10.6 Å². The minimum atomic E-state index is -4.89. The highest BCUT2D eigenvalue weighted by molar-refractivity contribution is 6.00. The third kappa shape index (κ3) is 6.07. The van der Waals surface area contributed by atoms with Gasteiger partial charge in [0.05, 0.1) is 24.3 Å². The lowest BCUT2D eigenvalue weighted by molar-refractivity contribution is -0.175. The maximum atomic E-state index is 13.6. The van der Waals surface area contributed by atoms with Gasteiger partial charge in [-0.2, -0.15) is 23.4 Å². The average Bonchev–Trinajstić information content (AvgIpc) is 3.78. The molecule has 41 heavy (non-hydrogen) atoms. The summed E-state index contributed by atoms with van der Waals surface area (Å²) in [6.07, 6.45) is 0.526. The highest BCUT2D eigenvalue weighted by atomic mass is 19.4. The predicted molar refractivity (Wildman–Crippen MR) is 136 cm³/mol. The molecule has 1 unspecified atom stereocenters. The summed E-state index contributed by atoms with van der Waals surface area (Å²) in [6.45, 7) is 3.49. The summed E-state index contributed by atoms with van der Waals surface area (Å²) in [6, 6.07) is -1.72. The van der Waals surface area contributed by atoms with Gasteiger partial charge < -0.3 is 15.7 Å². The van der Waals surface area contributed by atoms with Gasteiger partial charge in [0.1, 0.15) is 17.8 Å². The van der Waals surface area contributed by atoms with Crippen LogP contribution in [0.25, 0.3) is 0 Å². The molecule has 1 aliphatic heterocycles. The van der Waals surface area contributed by atoms with Gasteiger partial charge in [-0.25, -0.2) is 9.69 Å². The van der Waals surface area contributed by atoms with E-state index in [1.165, 1.54) is 23.3 Å². The molecular weight excluding hydrogens is 547 g/mol. The molecule has 12 nitrogen and oxygen atoms in total. The van der Waals surface area contributed by atoms with Crippen LogP contribution >= 0.6 is 0 Å². The Morgan fingerprint density at radius 3 is 2.32 bits per heavy atom. The van der Waals surface area contributed by atoms with Crippen molar-refractivity contribution in [3.05, 3.63) is 30.4 Å². The van der Waals surface area contributed by atoms with Crippen molar-refractivity contribution < 1.29 is 37.5 Å². The van der Waals surface area contributed by atoms with Crippen molar-refractivity contribution in [3.8, 4) is 0 Å². The number of halogens is 3. The smallest absolute Gasteiger partial charge is 0.414 e. The van der Waals surface area contributed by atoms with Crippen molar-refractivity contribution in [1.29, 1.82) is 0 Å². The number of imide groups is 1. The van der Waals surface area contributed by atoms with Crippen molar-refractivity contribution >= 4 is 29.5 Å². The number of hydrogen-bond acceptors (Lipinski definition) is 6. The number of alkyl halides is 3. The molecule has 0 aromatic carbocycles. The Hall–Kier alpha value is -3.91. The lowest BCUT2D eigenvalue weighted by atomic mass is 9.88. The molecular formula is C26H32F3N7O5. The molecule has 3 atom stereocenters. The number of carboxylic acid groups (broad SMARTS) is 1. The van der Waals surface area contributed by atoms with E-state index in [1.807, 2.05) is 13.8 Å². The van der Waals surface area contributed by atoms with Crippen LogP contribution in [0.15, 0.2) is 24.7 Å². The van der Waals surface area contributed by atoms with Gasteiger partial charge in [-0.15, -0.1) is 0 Å². The quantitative estimate of drug-likeness (QED) is 0.391. The van der Waals surface area contributed by atoms with Gasteiger partial charge in [0.15, 0.2) is 0 Å². The van der Waals surface area contributed by atoms with Crippen LogP contribution in [0.5, 0.6) is 0 Å². The molecule has 0 spiro atoms. The minimum Gasteiger partial charge on any atom is -0.465 e. The van der Waals surface area contributed by atoms with Crippen molar-refractivity contribution in [3.63, 3.8) is 0 Å². The third-order valence-corrected chi connectivity index (χ3v) is 7.98. The van der Waals surface area contributed by atoms with E-state index in [9.17, 15) is 32.3 Å². The normalized spacial score (nSPS) is 21.9. The Labute approximate surface area is 233 Å². The topological polar surface area (TPSA) is 151 Å². The molecule has 3 fully saturated rings. The molecule has 3 heterocycles. The molecule has 2 aliphatic carbocycles. The monoisotopic (exact) mass is 579 g/mol. The van der Waals surface area contributed by atoms with Gasteiger partial charge in [0, 0.05) is 18.4 Å². The van der Waals surface area contributed by atoms with E-state index in [-0.39, 0.29) is 29.1 Å². The molecule has 0 bridgehead atoms. The predicted octanol–water partition coefficient (Wildman–Crippen LogP) is 3.29. The molecule has 4 amide bonds. The summed E-state index contributed by atoms with van der Waals surface area (Å²) in [4.78, 5) is 50.4. The molecule has 0 radical (unpaired) electrons. The zero-order valence-corrected chi connectivity index (χ0v) is 22.5. The number of likely N-dealkylation sites (tertiary alicyclic amines) is 1. The van der Waals surface area contributed by atoms with Gasteiger partial charge in [0.2, 0.25) is 11.8 Å². The second kappa shape index (κ2) is 10.8. The number of amides is 4. The van der Waals surface area contributed by atoms with Crippen LogP contribution in [0.2, 0.25) is 0 Å². The summed E-state index contributed by atoms with van der Waals surface area (Å²) < 4.78 is 42.8. The Bertz CT molecular complexity index is 1320. The first-order valence-corrected chi connectivity index (χ1v) is 13.7. The number of nitrogens with zero attached hydrogens (tertiary/aromatic N) is 5. The first-order valence-electron chi connectivity index (χ1n) is 13.7. The van der Waals surface area contributed by atoms with Crippen LogP contribution in [-0.2, 0) is 16.1 Å². The SMILES string of the molecule is CC(C)n1nccc1C(=O)N[C@H](C(=O)Nc1cnn(CC2C[C@@H](C(F)(F)F)N(C(=O)O)C2=O)c1)C(C1CC1)C1CC1. The van der Waals surface area contributed by atoms with E-state index in [4.69, 9.17) is 5.11 Å². The fraction of sp³-hybridized carbons (Fsp3) is 0.615. The zero-order valence-electron chi connectivity index (χ0n) is 22.5. The third-order valence-electron chi connectivity index (χ3n) is 7.98. The fourth-order valence-corrected chi connectivity index (χ4v) is 5.81. The number of carbonyl (C=O) groups excluding carboxylic acids is 3. The van der Waals surface area contributed by atoms with E-state index in [2.05, 4.69) is 20.8 Å². The van der Waals surface area contributed by atoms with Crippen molar-refractivity contribution in [2.45, 2.75) is 76.8 Å². The molecule has 3 N–H and O–H groups in total. The first kappa shape index (κ1) is 28.6. The number of rotatable bonds is 10. The molecule has 1 saturated heterocycles. The van der Waals surface area contributed by atoms with Crippen LogP contribution in [0, 0.1) is 23.7 Å². The summed E-state index contributed by atoms with van der Waals surface area (Å²) in [5, 5.41) is 23.1. The van der Waals surface area contributed by atoms with Crippen molar-refractivity contribution in [2.75, 3.05) is 5.32 Å². The van der Waals surface area contributed by atoms with Gasteiger partial charge >= 0.3 is 12.3 Å². The zero-order chi connectivity index (χ0) is 29.6. The second-order valence-electron chi connectivity index (χ2n) is 11.4. The second-order valence-corrected chi connectivity index (χ2v) is 11.4. The molecule has 2 saturated carbocycles. The number of anilines is 1.